The molecule has 0 saturated carbocycles. The van der Waals surface area contributed by atoms with Crippen molar-refractivity contribution in [3.05, 3.63) is 112 Å². The number of fused-ring (bicyclic) bond motifs is 2. The van der Waals surface area contributed by atoms with Crippen LogP contribution in [0.3, 0.4) is 0 Å². The Kier molecular flexibility index (Phi) is 7.03. The van der Waals surface area contributed by atoms with Gasteiger partial charge in [0.05, 0.1) is 21.6 Å². The number of thioether (sulfide) groups is 1. The van der Waals surface area contributed by atoms with E-state index in [1.165, 1.54) is 18.2 Å². The predicted molar refractivity (Wildman–Crippen MR) is 155 cm³/mol. The van der Waals surface area contributed by atoms with Crippen LogP contribution in [0.1, 0.15) is 21.9 Å². The third kappa shape index (κ3) is 4.64. The molecule has 1 saturated heterocycles. The number of halogens is 2. The van der Waals surface area contributed by atoms with Crippen molar-refractivity contribution in [2.45, 2.75) is 22.8 Å². The highest BCUT2D eigenvalue weighted by molar-refractivity contribution is 9.10. The number of anilines is 1. The van der Waals surface area contributed by atoms with Gasteiger partial charge >= 0.3 is 4.87 Å². The number of carbonyl (C=O) groups is 2. The van der Waals surface area contributed by atoms with Crippen molar-refractivity contribution in [2.75, 3.05) is 4.90 Å². The molecule has 0 spiro atoms. The molecule has 0 bridgehead atoms. The Labute approximate surface area is 248 Å². The second-order valence-corrected chi connectivity index (χ2v) is 12.6. The van der Waals surface area contributed by atoms with Gasteiger partial charge in [0.25, 0.3) is 5.69 Å². The normalized spacial score (nSPS) is 19.9. The Hall–Kier alpha value is -3.45. The van der Waals surface area contributed by atoms with E-state index in [4.69, 9.17) is 16.3 Å². The Balaban J connectivity index is 1.48. The molecule has 0 radical (unpaired) electrons. The van der Waals surface area contributed by atoms with E-state index < -0.39 is 33.8 Å². The highest BCUT2D eigenvalue weighted by Crippen LogP contribution is 2.55. The molecule has 2 aliphatic heterocycles. The maximum absolute atomic E-state index is 14.0. The molecule has 2 amide bonds. The standard InChI is InChI=1S/C27H17BrClN3O6S2/c28-14-5-7-15(8-6-14)31-25(33)21-20(22-24(30-27(35)40-22)39-23(21)26(31)34)17-11-16(32(36)37)9-10-19(17)38-12-13-3-1-2-4-18(13)29/h1-11,20-21,23H,12H2,(H,30,35)/t20-,21+,23+/m0/s1. The van der Waals surface area contributed by atoms with Crippen molar-refractivity contribution in [3.8, 4) is 5.75 Å². The average Bonchev–Trinajstić information content (AvgIpc) is 3.43. The fourth-order valence-electron chi connectivity index (χ4n) is 4.99. The number of ether oxygens (including phenoxy) is 1. The summed E-state index contributed by atoms with van der Waals surface area (Å²) >= 11 is 11.7. The van der Waals surface area contributed by atoms with E-state index in [1.54, 1.807) is 42.5 Å². The zero-order valence-electron chi connectivity index (χ0n) is 20.2. The summed E-state index contributed by atoms with van der Waals surface area (Å²) in [5.41, 5.74) is 1.25. The Morgan fingerprint density at radius 2 is 1.80 bits per heavy atom. The van der Waals surface area contributed by atoms with Gasteiger partial charge in [-0.2, -0.15) is 0 Å². The lowest BCUT2D eigenvalue weighted by Crippen LogP contribution is -2.32. The SMILES string of the molecule is O=C1[C@@H]2[C@H](c3cc([N+](=O)[O-])ccc3OCc3ccccc3Cl)c3sc(=O)[nH]c3S[C@H]2C(=O)N1c1ccc(Br)cc1. The quantitative estimate of drug-likeness (QED) is 0.150. The van der Waals surface area contributed by atoms with Crippen LogP contribution in [0, 0.1) is 16.0 Å². The van der Waals surface area contributed by atoms with Gasteiger partial charge in [-0.25, -0.2) is 4.90 Å². The zero-order chi connectivity index (χ0) is 28.1. The van der Waals surface area contributed by atoms with Crippen LogP contribution in [0.4, 0.5) is 11.4 Å². The van der Waals surface area contributed by atoms with Crippen LogP contribution in [0.5, 0.6) is 5.75 Å². The van der Waals surface area contributed by atoms with Gasteiger partial charge in [-0.05, 0) is 36.4 Å². The molecule has 202 valence electrons. The molecule has 0 unspecified atom stereocenters. The van der Waals surface area contributed by atoms with Crippen LogP contribution in [0.2, 0.25) is 5.02 Å². The number of aromatic amines is 1. The number of amides is 2. The number of non-ortho nitro benzene ring substituents is 1. The smallest absolute Gasteiger partial charge is 0.305 e. The number of nitrogens with zero attached hydrogens (tertiary/aromatic N) is 2. The molecule has 1 fully saturated rings. The summed E-state index contributed by atoms with van der Waals surface area (Å²) in [6.45, 7) is 0.0637. The first-order chi connectivity index (χ1) is 19.2. The van der Waals surface area contributed by atoms with E-state index in [0.29, 0.717) is 31.7 Å². The van der Waals surface area contributed by atoms with E-state index in [0.717, 1.165) is 32.5 Å². The summed E-state index contributed by atoms with van der Waals surface area (Å²) in [7, 11) is 0. The van der Waals surface area contributed by atoms with Gasteiger partial charge in [-0.15, -0.1) is 0 Å². The first-order valence-corrected chi connectivity index (χ1v) is 14.8. The molecule has 0 aliphatic carbocycles. The molecule has 3 aromatic carbocycles. The molecule has 3 atom stereocenters. The number of nitrogens with one attached hydrogen (secondary N) is 1. The molecular weight excluding hydrogens is 642 g/mol. The van der Waals surface area contributed by atoms with Crippen LogP contribution in [0.15, 0.2) is 81.0 Å². The molecular formula is C27H17BrClN3O6S2. The predicted octanol–water partition coefficient (Wildman–Crippen LogP) is 6.14. The minimum absolute atomic E-state index is 0.0637. The number of H-pyrrole nitrogens is 1. The van der Waals surface area contributed by atoms with Gasteiger partial charge in [0.15, 0.2) is 0 Å². The topological polar surface area (TPSA) is 123 Å². The number of hydrogen-bond acceptors (Lipinski definition) is 8. The lowest BCUT2D eigenvalue weighted by atomic mass is 9.82. The molecule has 1 aromatic heterocycles. The Bertz CT molecular complexity index is 1740. The minimum atomic E-state index is -0.926. The third-order valence-electron chi connectivity index (χ3n) is 6.79. The Morgan fingerprint density at radius 3 is 2.52 bits per heavy atom. The van der Waals surface area contributed by atoms with Crippen LogP contribution < -0.4 is 14.5 Å². The van der Waals surface area contributed by atoms with E-state index in [1.807, 2.05) is 6.07 Å². The van der Waals surface area contributed by atoms with Crippen molar-refractivity contribution in [2.24, 2.45) is 5.92 Å². The minimum Gasteiger partial charge on any atom is -0.489 e. The zero-order valence-corrected chi connectivity index (χ0v) is 24.2. The maximum Gasteiger partial charge on any atom is 0.305 e. The van der Waals surface area contributed by atoms with E-state index >= 15 is 0 Å². The third-order valence-corrected chi connectivity index (χ3v) is 10.1. The lowest BCUT2D eigenvalue weighted by molar-refractivity contribution is -0.385. The second-order valence-electron chi connectivity index (χ2n) is 9.10. The first-order valence-electron chi connectivity index (χ1n) is 11.9. The number of aromatic nitrogens is 1. The van der Waals surface area contributed by atoms with Crippen LogP contribution in [-0.2, 0) is 16.2 Å². The number of nitro groups is 1. The number of imide groups is 1. The fraction of sp³-hybridized carbons (Fsp3) is 0.148. The molecule has 13 heteroatoms. The summed E-state index contributed by atoms with van der Waals surface area (Å²) in [6.07, 6.45) is 0. The first kappa shape index (κ1) is 26.8. The number of thiazole rings is 1. The molecule has 4 aromatic rings. The number of nitro benzene ring substituents is 1. The van der Waals surface area contributed by atoms with Crippen molar-refractivity contribution in [1.29, 1.82) is 0 Å². The van der Waals surface area contributed by atoms with Crippen molar-refractivity contribution in [1.82, 2.24) is 4.98 Å². The van der Waals surface area contributed by atoms with Crippen molar-refractivity contribution < 1.29 is 19.2 Å². The van der Waals surface area contributed by atoms with Gasteiger partial charge < -0.3 is 9.72 Å². The molecule has 40 heavy (non-hydrogen) atoms. The summed E-state index contributed by atoms with van der Waals surface area (Å²) < 4.78 is 6.93. The van der Waals surface area contributed by atoms with Gasteiger partial charge in [0, 0.05) is 43.6 Å². The number of benzene rings is 3. The van der Waals surface area contributed by atoms with Crippen molar-refractivity contribution >= 4 is 73.8 Å². The van der Waals surface area contributed by atoms with Gasteiger partial charge in [0.2, 0.25) is 11.8 Å². The molecule has 3 heterocycles. The van der Waals surface area contributed by atoms with Gasteiger partial charge in [0.1, 0.15) is 17.6 Å². The van der Waals surface area contributed by atoms with E-state index in [2.05, 4.69) is 20.9 Å². The van der Waals surface area contributed by atoms with E-state index in [-0.39, 0.29) is 22.9 Å². The monoisotopic (exact) mass is 657 g/mol. The number of rotatable bonds is 6. The average molecular weight is 659 g/mol. The largest absolute Gasteiger partial charge is 0.489 e. The summed E-state index contributed by atoms with van der Waals surface area (Å²) in [5, 5.41) is 11.9. The summed E-state index contributed by atoms with van der Waals surface area (Å²) in [4.78, 5) is 55.5. The summed E-state index contributed by atoms with van der Waals surface area (Å²) in [5.74, 6) is -2.36. The van der Waals surface area contributed by atoms with Crippen LogP contribution >= 0.6 is 50.6 Å². The highest BCUT2D eigenvalue weighted by atomic mass is 79.9. The number of carbonyl (C=O) groups excluding carboxylic acids is 2. The highest BCUT2D eigenvalue weighted by Gasteiger charge is 2.57. The lowest BCUT2D eigenvalue weighted by Gasteiger charge is -2.30. The molecule has 2 aliphatic rings. The van der Waals surface area contributed by atoms with Gasteiger partial charge in [-0.1, -0.05) is 68.8 Å². The fourth-order valence-corrected chi connectivity index (χ4v) is 7.95. The van der Waals surface area contributed by atoms with E-state index in [9.17, 15) is 24.5 Å². The van der Waals surface area contributed by atoms with Crippen LogP contribution in [-0.4, -0.2) is 27.0 Å². The molecule has 9 nitrogen and oxygen atoms in total. The molecule has 1 N–H and O–H groups in total. The molecule has 6 rings (SSSR count). The second kappa shape index (κ2) is 10.5. The maximum atomic E-state index is 14.0. The number of hydrogen-bond donors (Lipinski definition) is 1. The summed E-state index contributed by atoms with van der Waals surface area (Å²) in [6, 6.07) is 18.1. The van der Waals surface area contributed by atoms with Gasteiger partial charge in [-0.3, -0.25) is 24.5 Å². The van der Waals surface area contributed by atoms with Crippen LogP contribution in [0.25, 0.3) is 0 Å². The Morgan fingerprint density at radius 1 is 1.05 bits per heavy atom. The van der Waals surface area contributed by atoms with Crippen molar-refractivity contribution in [3.63, 3.8) is 0 Å².